The number of alkyl halides is 3. The average Bonchev–Trinajstić information content (AvgIpc) is 2.25. The molecule has 0 atom stereocenters. The number of nitrogens with zero attached hydrogens (tertiary/aromatic N) is 1. The van der Waals surface area contributed by atoms with E-state index in [-0.39, 0.29) is 11.6 Å². The first-order valence-electron chi connectivity index (χ1n) is 4.72. The fourth-order valence-electron chi connectivity index (χ4n) is 1.06. The van der Waals surface area contributed by atoms with Crippen LogP contribution in [-0.4, -0.2) is 23.5 Å². The molecule has 1 aromatic heterocycles. The van der Waals surface area contributed by atoms with Crippen LogP contribution in [0.4, 0.5) is 19.0 Å². The number of hydrogen-bond acceptors (Lipinski definition) is 3. The van der Waals surface area contributed by atoms with Crippen LogP contribution < -0.4 is 5.32 Å². The highest BCUT2D eigenvalue weighted by Gasteiger charge is 2.26. The van der Waals surface area contributed by atoms with Crippen molar-refractivity contribution in [2.75, 3.05) is 11.9 Å². The molecule has 6 heteroatoms. The van der Waals surface area contributed by atoms with Crippen molar-refractivity contribution in [2.24, 2.45) is 0 Å². The first-order chi connectivity index (χ1) is 7.42. The molecule has 0 aromatic carbocycles. The highest BCUT2D eigenvalue weighted by atomic mass is 19.4. The summed E-state index contributed by atoms with van der Waals surface area (Å²) in [6, 6.07) is 2.81. The Bertz CT molecular complexity index is 359. The van der Waals surface area contributed by atoms with Crippen LogP contribution in [0.15, 0.2) is 18.3 Å². The topological polar surface area (TPSA) is 42.0 Å². The van der Waals surface area contributed by atoms with Crippen molar-refractivity contribution in [1.29, 1.82) is 0 Å². The third-order valence-corrected chi connectivity index (χ3v) is 1.88. The van der Waals surface area contributed by atoms with E-state index in [1.165, 1.54) is 18.3 Å². The monoisotopic (exact) mass is 232 g/mol. The summed E-state index contributed by atoms with van der Waals surface area (Å²) in [6.45, 7) is 0.569. The number of anilines is 1. The van der Waals surface area contributed by atoms with E-state index < -0.39 is 12.7 Å². The molecule has 0 aliphatic rings. The van der Waals surface area contributed by atoms with Gasteiger partial charge < -0.3 is 5.32 Å². The third-order valence-electron chi connectivity index (χ3n) is 1.88. The predicted octanol–water partition coefficient (Wildman–Crippen LogP) is 2.65. The largest absolute Gasteiger partial charge is 0.405 e. The number of carbonyl (C=O) groups excluding carboxylic acids is 1. The maximum Gasteiger partial charge on any atom is 0.405 e. The van der Waals surface area contributed by atoms with Gasteiger partial charge in [0, 0.05) is 18.2 Å². The quantitative estimate of drug-likeness (QED) is 0.811. The van der Waals surface area contributed by atoms with Crippen LogP contribution >= 0.6 is 0 Å². The molecule has 0 bridgehead atoms. The van der Waals surface area contributed by atoms with E-state index in [4.69, 9.17) is 0 Å². The molecule has 3 nitrogen and oxygen atoms in total. The van der Waals surface area contributed by atoms with E-state index in [9.17, 15) is 18.0 Å². The molecule has 0 amide bonds. The van der Waals surface area contributed by atoms with E-state index in [0.717, 1.165) is 0 Å². The van der Waals surface area contributed by atoms with E-state index in [2.05, 4.69) is 10.3 Å². The number of aromatic nitrogens is 1. The van der Waals surface area contributed by atoms with Gasteiger partial charge in [0.2, 0.25) is 0 Å². The van der Waals surface area contributed by atoms with Gasteiger partial charge >= 0.3 is 6.18 Å². The first-order valence-corrected chi connectivity index (χ1v) is 4.72. The van der Waals surface area contributed by atoms with Crippen LogP contribution in [-0.2, 0) is 0 Å². The maximum absolute atomic E-state index is 11.9. The Hall–Kier alpha value is -1.59. The number of pyridine rings is 1. The first kappa shape index (κ1) is 12.5. The molecule has 1 N–H and O–H groups in total. The molecule has 0 saturated carbocycles. The molecule has 0 saturated heterocycles. The molecule has 0 fully saturated rings. The summed E-state index contributed by atoms with van der Waals surface area (Å²) in [6.07, 6.45) is -2.67. The smallest absolute Gasteiger partial charge is 0.361 e. The number of carbonyl (C=O) groups is 1. The van der Waals surface area contributed by atoms with Crippen LogP contribution in [0.2, 0.25) is 0 Å². The molecule has 0 radical (unpaired) electrons. The predicted molar refractivity (Wildman–Crippen MR) is 53.4 cm³/mol. The minimum Gasteiger partial charge on any atom is -0.361 e. The van der Waals surface area contributed by atoms with Gasteiger partial charge in [-0.1, -0.05) is 6.92 Å². The van der Waals surface area contributed by atoms with Crippen LogP contribution in [0.5, 0.6) is 0 Å². The van der Waals surface area contributed by atoms with Crippen molar-refractivity contribution in [3.63, 3.8) is 0 Å². The van der Waals surface area contributed by atoms with Gasteiger partial charge in [-0.2, -0.15) is 13.2 Å². The van der Waals surface area contributed by atoms with Crippen LogP contribution in [0.25, 0.3) is 0 Å². The fraction of sp³-hybridized carbons (Fsp3) is 0.400. The maximum atomic E-state index is 11.9. The Morgan fingerprint density at radius 1 is 1.44 bits per heavy atom. The van der Waals surface area contributed by atoms with Crippen molar-refractivity contribution in [1.82, 2.24) is 4.98 Å². The van der Waals surface area contributed by atoms with Gasteiger partial charge in [0.1, 0.15) is 12.4 Å². The molecule has 0 aliphatic heterocycles. The van der Waals surface area contributed by atoms with E-state index in [1.54, 1.807) is 6.92 Å². The lowest BCUT2D eigenvalue weighted by Gasteiger charge is -2.08. The van der Waals surface area contributed by atoms with E-state index >= 15 is 0 Å². The Labute approximate surface area is 90.7 Å². The minimum absolute atomic E-state index is 0.0881. The summed E-state index contributed by atoms with van der Waals surface area (Å²) in [5, 5.41) is 2.12. The molecular weight excluding hydrogens is 221 g/mol. The van der Waals surface area contributed by atoms with Crippen molar-refractivity contribution in [2.45, 2.75) is 19.5 Å². The zero-order valence-electron chi connectivity index (χ0n) is 8.64. The van der Waals surface area contributed by atoms with Gasteiger partial charge in [-0.15, -0.1) is 0 Å². The van der Waals surface area contributed by atoms with Gasteiger partial charge in [-0.25, -0.2) is 4.98 Å². The molecule has 1 aromatic rings. The van der Waals surface area contributed by atoms with Gasteiger partial charge in [-0.3, -0.25) is 4.79 Å². The SMILES string of the molecule is CCC(=O)c1ccc(NCC(F)(F)F)nc1. The van der Waals surface area contributed by atoms with E-state index in [1.807, 2.05) is 0 Å². The Balaban J connectivity index is 2.62. The summed E-state index contributed by atoms with van der Waals surface area (Å²) in [5.74, 6) is 0.0137. The average molecular weight is 232 g/mol. The lowest BCUT2D eigenvalue weighted by Crippen LogP contribution is -2.21. The summed E-state index contributed by atoms with van der Waals surface area (Å²) in [4.78, 5) is 14.9. The second-order valence-corrected chi connectivity index (χ2v) is 3.18. The summed E-state index contributed by atoms with van der Waals surface area (Å²) in [5.41, 5.74) is 0.403. The number of halogens is 3. The minimum atomic E-state index is -4.28. The number of Topliss-reactive ketones (excluding diaryl/α,β-unsaturated/α-hetero) is 1. The Kier molecular flexibility index (Phi) is 3.87. The lowest BCUT2D eigenvalue weighted by molar-refractivity contribution is -0.115. The Morgan fingerprint density at radius 2 is 2.12 bits per heavy atom. The van der Waals surface area contributed by atoms with Crippen molar-refractivity contribution >= 4 is 11.6 Å². The Morgan fingerprint density at radius 3 is 2.56 bits per heavy atom. The number of ketones is 1. The third kappa shape index (κ3) is 3.88. The molecular formula is C10H11F3N2O. The molecule has 1 rings (SSSR count). The highest BCUT2D eigenvalue weighted by molar-refractivity contribution is 5.95. The van der Waals surface area contributed by atoms with Crippen LogP contribution in [0, 0.1) is 0 Å². The second kappa shape index (κ2) is 4.96. The van der Waals surface area contributed by atoms with Crippen LogP contribution in [0.1, 0.15) is 23.7 Å². The number of rotatable bonds is 4. The molecule has 0 spiro atoms. The van der Waals surface area contributed by atoms with Gasteiger partial charge in [0.05, 0.1) is 0 Å². The lowest BCUT2D eigenvalue weighted by atomic mass is 10.1. The normalized spacial score (nSPS) is 11.2. The van der Waals surface area contributed by atoms with Crippen molar-refractivity contribution in [3.8, 4) is 0 Å². The second-order valence-electron chi connectivity index (χ2n) is 3.18. The molecule has 16 heavy (non-hydrogen) atoms. The number of nitrogens with one attached hydrogen (secondary N) is 1. The van der Waals surface area contributed by atoms with Gasteiger partial charge in [-0.05, 0) is 12.1 Å². The summed E-state index contributed by atoms with van der Waals surface area (Å²) < 4.78 is 35.6. The summed E-state index contributed by atoms with van der Waals surface area (Å²) in [7, 11) is 0. The van der Waals surface area contributed by atoms with Gasteiger partial charge in [0.15, 0.2) is 5.78 Å². The fourth-order valence-corrected chi connectivity index (χ4v) is 1.06. The standard InChI is InChI=1S/C10H11F3N2O/c1-2-8(16)7-3-4-9(14-5-7)15-6-10(11,12)13/h3-5H,2,6H2,1H3,(H,14,15). The molecule has 88 valence electrons. The highest BCUT2D eigenvalue weighted by Crippen LogP contribution is 2.15. The van der Waals surface area contributed by atoms with Gasteiger partial charge in [0.25, 0.3) is 0 Å². The van der Waals surface area contributed by atoms with Crippen LogP contribution in [0.3, 0.4) is 0 Å². The molecule has 0 aliphatic carbocycles. The zero-order valence-corrected chi connectivity index (χ0v) is 8.64. The van der Waals surface area contributed by atoms with Crippen molar-refractivity contribution in [3.05, 3.63) is 23.9 Å². The molecule has 0 unspecified atom stereocenters. The molecule has 1 heterocycles. The number of hydrogen-bond donors (Lipinski definition) is 1. The van der Waals surface area contributed by atoms with Crippen molar-refractivity contribution < 1.29 is 18.0 Å². The summed E-state index contributed by atoms with van der Waals surface area (Å²) >= 11 is 0. The zero-order chi connectivity index (χ0) is 12.2. The van der Waals surface area contributed by atoms with E-state index in [0.29, 0.717) is 12.0 Å².